The van der Waals surface area contributed by atoms with E-state index in [-0.39, 0.29) is 5.43 Å². The van der Waals surface area contributed by atoms with Crippen LogP contribution < -0.4 is 20.2 Å². The Hall–Kier alpha value is -2.83. The Morgan fingerprint density at radius 1 is 1.10 bits per heavy atom. The predicted octanol–water partition coefficient (Wildman–Crippen LogP) is 3.92. The molecule has 6 heteroatoms. The lowest BCUT2D eigenvalue weighted by Crippen LogP contribution is -2.41. The second-order valence-electron chi connectivity index (χ2n) is 8.03. The van der Waals surface area contributed by atoms with Crippen LogP contribution in [0.5, 0.6) is 11.5 Å². The van der Waals surface area contributed by atoms with Gasteiger partial charge < -0.3 is 24.1 Å². The van der Waals surface area contributed by atoms with Crippen molar-refractivity contribution in [1.82, 2.24) is 10.2 Å². The first-order chi connectivity index (χ1) is 15.2. The van der Waals surface area contributed by atoms with Gasteiger partial charge in [-0.1, -0.05) is 12.1 Å². The summed E-state index contributed by atoms with van der Waals surface area (Å²) in [6.45, 7) is 3.86. The maximum Gasteiger partial charge on any atom is 0.200 e. The third-order valence-electron chi connectivity index (χ3n) is 6.00. The first-order valence-electron chi connectivity index (χ1n) is 10.9. The Bertz CT molecular complexity index is 1060. The lowest BCUT2D eigenvalue weighted by Gasteiger charge is -2.31. The first kappa shape index (κ1) is 21.4. The first-order valence-corrected chi connectivity index (χ1v) is 10.9. The zero-order valence-electron chi connectivity index (χ0n) is 18.2. The molecule has 3 aromatic rings. The van der Waals surface area contributed by atoms with Crippen molar-refractivity contribution in [3.8, 4) is 22.6 Å². The Morgan fingerprint density at radius 3 is 2.58 bits per heavy atom. The average Bonchev–Trinajstić information content (AvgIpc) is 2.82. The Morgan fingerprint density at radius 2 is 1.84 bits per heavy atom. The van der Waals surface area contributed by atoms with Crippen LogP contribution in [0.1, 0.15) is 19.3 Å². The van der Waals surface area contributed by atoms with E-state index < -0.39 is 0 Å². The molecule has 1 aliphatic rings. The van der Waals surface area contributed by atoms with Crippen LogP contribution in [0.3, 0.4) is 0 Å². The number of fused-ring (bicyclic) bond motifs is 1. The van der Waals surface area contributed by atoms with Gasteiger partial charge in [0.2, 0.25) is 0 Å². The molecule has 0 atom stereocenters. The van der Waals surface area contributed by atoms with Gasteiger partial charge in [-0.05, 0) is 69.2 Å². The summed E-state index contributed by atoms with van der Waals surface area (Å²) < 4.78 is 16.9. The molecule has 0 aliphatic carbocycles. The smallest absolute Gasteiger partial charge is 0.200 e. The summed E-state index contributed by atoms with van der Waals surface area (Å²) in [6, 6.07) is 13.5. The summed E-state index contributed by atoms with van der Waals surface area (Å²) in [4.78, 5) is 15.4. The number of ether oxygens (including phenoxy) is 2. The Balaban J connectivity index is 1.38. The second kappa shape index (κ2) is 9.98. The van der Waals surface area contributed by atoms with Crippen LogP contribution in [0.15, 0.2) is 57.9 Å². The van der Waals surface area contributed by atoms with E-state index in [9.17, 15) is 4.79 Å². The number of piperidine rings is 1. The fourth-order valence-electron chi connectivity index (χ4n) is 4.10. The molecule has 2 heterocycles. The highest BCUT2D eigenvalue weighted by molar-refractivity contribution is 5.82. The molecule has 1 aliphatic heterocycles. The molecule has 0 radical (unpaired) electrons. The number of rotatable bonds is 8. The molecule has 1 saturated heterocycles. The third-order valence-corrected chi connectivity index (χ3v) is 6.00. The summed E-state index contributed by atoms with van der Waals surface area (Å²) in [5.74, 6) is 1.47. The highest BCUT2D eigenvalue weighted by atomic mass is 16.5. The van der Waals surface area contributed by atoms with Gasteiger partial charge in [0.25, 0.3) is 0 Å². The minimum absolute atomic E-state index is 0.0541. The predicted molar refractivity (Wildman–Crippen MR) is 123 cm³/mol. The molecule has 0 bridgehead atoms. The number of nitrogens with one attached hydrogen (secondary N) is 1. The highest BCUT2D eigenvalue weighted by Crippen LogP contribution is 2.24. The summed E-state index contributed by atoms with van der Waals surface area (Å²) in [5.41, 5.74) is 1.81. The molecule has 1 N–H and O–H groups in total. The van der Waals surface area contributed by atoms with Gasteiger partial charge in [0.05, 0.1) is 24.7 Å². The molecule has 6 nitrogen and oxygen atoms in total. The molecule has 4 rings (SSSR count). The molecular weight excluding hydrogens is 392 g/mol. The second-order valence-corrected chi connectivity index (χ2v) is 8.03. The maximum absolute atomic E-state index is 12.9. The normalized spacial score (nSPS) is 14.8. The topological polar surface area (TPSA) is 63.9 Å². The summed E-state index contributed by atoms with van der Waals surface area (Å²) in [5, 5.41) is 3.95. The van der Waals surface area contributed by atoms with E-state index in [4.69, 9.17) is 13.9 Å². The van der Waals surface area contributed by atoms with Gasteiger partial charge in [0.15, 0.2) is 5.43 Å². The van der Waals surface area contributed by atoms with Crippen molar-refractivity contribution in [2.75, 3.05) is 40.4 Å². The third kappa shape index (κ3) is 5.09. The van der Waals surface area contributed by atoms with Gasteiger partial charge in [0.1, 0.15) is 23.3 Å². The van der Waals surface area contributed by atoms with Crippen LogP contribution in [0.4, 0.5) is 0 Å². The standard InChI is InChI=1S/C25H30N2O4/c1-27(19-10-12-26-13-11-19)14-3-15-30-21-8-9-22-24(16-21)31-17-23(25(22)28)18-4-6-20(29-2)7-5-18/h4-9,16-17,19,26H,3,10-15H2,1-2H3. The number of hydrogen-bond acceptors (Lipinski definition) is 6. The fraction of sp³-hybridized carbons (Fsp3) is 0.400. The van der Waals surface area contributed by atoms with Crippen LogP contribution >= 0.6 is 0 Å². The van der Waals surface area contributed by atoms with Gasteiger partial charge in [-0.15, -0.1) is 0 Å². The number of methoxy groups -OCH3 is 1. The van der Waals surface area contributed by atoms with E-state index in [2.05, 4.69) is 17.3 Å². The van der Waals surface area contributed by atoms with Crippen LogP contribution in [0, 0.1) is 0 Å². The molecule has 2 aromatic carbocycles. The van der Waals surface area contributed by atoms with E-state index >= 15 is 0 Å². The monoisotopic (exact) mass is 422 g/mol. The van der Waals surface area contributed by atoms with E-state index in [1.54, 1.807) is 19.2 Å². The average molecular weight is 423 g/mol. The molecule has 0 unspecified atom stereocenters. The number of hydrogen-bond donors (Lipinski definition) is 1. The van der Waals surface area contributed by atoms with Crippen LogP contribution in [0.25, 0.3) is 22.1 Å². The lowest BCUT2D eigenvalue weighted by atomic mass is 10.1. The van der Waals surface area contributed by atoms with Gasteiger partial charge in [0, 0.05) is 18.7 Å². The van der Waals surface area contributed by atoms with Crippen molar-refractivity contribution < 1.29 is 13.9 Å². The summed E-state index contributed by atoms with van der Waals surface area (Å²) in [7, 11) is 3.81. The molecular formula is C25H30N2O4. The summed E-state index contributed by atoms with van der Waals surface area (Å²) in [6.07, 6.45) is 4.89. The molecule has 0 spiro atoms. The minimum Gasteiger partial charge on any atom is -0.497 e. The van der Waals surface area contributed by atoms with E-state index in [0.717, 1.165) is 43.1 Å². The molecule has 0 amide bonds. The van der Waals surface area contributed by atoms with Crippen molar-refractivity contribution in [3.05, 3.63) is 59.0 Å². The molecule has 1 fully saturated rings. The van der Waals surface area contributed by atoms with Gasteiger partial charge in [-0.25, -0.2) is 0 Å². The SMILES string of the molecule is COc1ccc(-c2coc3cc(OCCCN(C)C4CCNCC4)ccc3c2=O)cc1. The Labute approximate surface area is 182 Å². The van der Waals surface area contributed by atoms with E-state index in [1.807, 2.05) is 30.3 Å². The van der Waals surface area contributed by atoms with Crippen molar-refractivity contribution in [2.45, 2.75) is 25.3 Å². The van der Waals surface area contributed by atoms with Gasteiger partial charge in [-0.2, -0.15) is 0 Å². The molecule has 164 valence electrons. The Kier molecular flexibility index (Phi) is 6.89. The van der Waals surface area contributed by atoms with Crippen LogP contribution in [-0.4, -0.2) is 51.3 Å². The molecule has 31 heavy (non-hydrogen) atoms. The van der Waals surface area contributed by atoms with Crippen LogP contribution in [0.2, 0.25) is 0 Å². The van der Waals surface area contributed by atoms with Crippen molar-refractivity contribution in [2.24, 2.45) is 0 Å². The largest absolute Gasteiger partial charge is 0.497 e. The maximum atomic E-state index is 12.9. The van der Waals surface area contributed by atoms with Crippen molar-refractivity contribution in [3.63, 3.8) is 0 Å². The zero-order chi connectivity index (χ0) is 21.6. The minimum atomic E-state index is -0.0541. The van der Waals surface area contributed by atoms with Crippen LogP contribution in [-0.2, 0) is 0 Å². The zero-order valence-corrected chi connectivity index (χ0v) is 18.2. The van der Waals surface area contributed by atoms with Crippen molar-refractivity contribution in [1.29, 1.82) is 0 Å². The number of benzene rings is 2. The van der Waals surface area contributed by atoms with Crippen molar-refractivity contribution >= 4 is 11.0 Å². The lowest BCUT2D eigenvalue weighted by molar-refractivity contribution is 0.183. The highest BCUT2D eigenvalue weighted by Gasteiger charge is 2.17. The van der Waals surface area contributed by atoms with E-state index in [1.165, 1.54) is 19.1 Å². The van der Waals surface area contributed by atoms with E-state index in [0.29, 0.717) is 29.2 Å². The summed E-state index contributed by atoms with van der Waals surface area (Å²) >= 11 is 0. The van der Waals surface area contributed by atoms with Gasteiger partial charge >= 0.3 is 0 Å². The molecule has 1 aromatic heterocycles. The fourth-order valence-corrected chi connectivity index (χ4v) is 4.10. The van der Waals surface area contributed by atoms with Gasteiger partial charge in [-0.3, -0.25) is 4.79 Å². The number of nitrogens with zero attached hydrogens (tertiary/aromatic N) is 1. The quantitative estimate of drug-likeness (QED) is 0.555. The molecule has 0 saturated carbocycles.